The molecule has 1 aromatic carbocycles. The molecule has 0 atom stereocenters. The van der Waals surface area contributed by atoms with E-state index in [-0.39, 0.29) is 11.1 Å². The third-order valence-corrected chi connectivity index (χ3v) is 2.57. The van der Waals surface area contributed by atoms with Gasteiger partial charge in [0.15, 0.2) is 5.69 Å². The van der Waals surface area contributed by atoms with E-state index in [0.717, 1.165) is 6.07 Å². The van der Waals surface area contributed by atoms with Crippen LogP contribution in [-0.4, -0.2) is 22.2 Å². The van der Waals surface area contributed by atoms with Gasteiger partial charge in [0.2, 0.25) is 5.43 Å². The fourth-order valence-electron chi connectivity index (χ4n) is 1.74. The van der Waals surface area contributed by atoms with Crippen molar-refractivity contribution < 1.29 is 9.18 Å². The average molecular weight is 249 g/mol. The second-order valence-electron chi connectivity index (χ2n) is 3.82. The van der Waals surface area contributed by atoms with Crippen LogP contribution >= 0.6 is 0 Å². The number of carbonyl (C=O) groups is 1. The van der Waals surface area contributed by atoms with Crippen LogP contribution in [0.4, 0.5) is 4.39 Å². The highest BCUT2D eigenvalue weighted by molar-refractivity contribution is 5.95. The fourth-order valence-corrected chi connectivity index (χ4v) is 1.74. The number of nitrogens with zero attached hydrogens (tertiary/aromatic N) is 2. The molecule has 0 saturated carbocycles. The number of aromatic nitrogens is 2. The Morgan fingerprint density at radius 1 is 1.50 bits per heavy atom. The van der Waals surface area contributed by atoms with E-state index >= 15 is 0 Å². The SMILES string of the molecule is CCNC(=O)c1nn(C)c2ccc(F)cc2c1=O. The summed E-state index contributed by atoms with van der Waals surface area (Å²) in [5.41, 5.74) is -0.305. The second kappa shape index (κ2) is 4.56. The van der Waals surface area contributed by atoms with E-state index in [1.54, 1.807) is 14.0 Å². The van der Waals surface area contributed by atoms with E-state index in [2.05, 4.69) is 10.4 Å². The molecule has 1 heterocycles. The molecule has 6 heteroatoms. The Kier molecular flexibility index (Phi) is 3.10. The van der Waals surface area contributed by atoms with Gasteiger partial charge in [-0.15, -0.1) is 0 Å². The van der Waals surface area contributed by atoms with Gasteiger partial charge >= 0.3 is 0 Å². The molecular formula is C12H12FN3O2. The number of aryl methyl sites for hydroxylation is 1. The lowest BCUT2D eigenvalue weighted by Crippen LogP contribution is -2.31. The summed E-state index contributed by atoms with van der Waals surface area (Å²) in [6.45, 7) is 2.13. The number of benzene rings is 1. The van der Waals surface area contributed by atoms with Crippen molar-refractivity contribution in [2.75, 3.05) is 6.54 Å². The van der Waals surface area contributed by atoms with E-state index < -0.39 is 17.2 Å². The van der Waals surface area contributed by atoms with E-state index in [9.17, 15) is 14.0 Å². The Bertz CT molecular complexity index is 679. The van der Waals surface area contributed by atoms with Crippen LogP contribution in [0.1, 0.15) is 17.4 Å². The van der Waals surface area contributed by atoms with Gasteiger partial charge in [-0.2, -0.15) is 5.10 Å². The highest BCUT2D eigenvalue weighted by Gasteiger charge is 2.15. The molecule has 0 unspecified atom stereocenters. The van der Waals surface area contributed by atoms with Crippen LogP contribution in [0.5, 0.6) is 0 Å². The molecule has 0 radical (unpaired) electrons. The lowest BCUT2D eigenvalue weighted by Gasteiger charge is -2.07. The summed E-state index contributed by atoms with van der Waals surface area (Å²) in [6.07, 6.45) is 0. The van der Waals surface area contributed by atoms with Crippen LogP contribution in [-0.2, 0) is 7.05 Å². The van der Waals surface area contributed by atoms with Crippen LogP contribution in [0.15, 0.2) is 23.0 Å². The van der Waals surface area contributed by atoms with Crippen LogP contribution in [0, 0.1) is 5.82 Å². The van der Waals surface area contributed by atoms with E-state index in [1.165, 1.54) is 16.8 Å². The van der Waals surface area contributed by atoms with Crippen molar-refractivity contribution in [2.24, 2.45) is 7.05 Å². The van der Waals surface area contributed by atoms with E-state index in [0.29, 0.717) is 12.1 Å². The first-order valence-corrected chi connectivity index (χ1v) is 5.49. The van der Waals surface area contributed by atoms with Gasteiger partial charge in [0, 0.05) is 13.6 Å². The number of carbonyl (C=O) groups excluding carboxylic acids is 1. The second-order valence-corrected chi connectivity index (χ2v) is 3.82. The standard InChI is InChI=1S/C12H12FN3O2/c1-3-14-12(18)10-11(17)8-6-7(13)4-5-9(8)16(2)15-10/h4-6H,3H2,1-2H3,(H,14,18). The maximum absolute atomic E-state index is 13.2. The van der Waals surface area contributed by atoms with Crippen LogP contribution in [0.3, 0.4) is 0 Å². The highest BCUT2D eigenvalue weighted by Crippen LogP contribution is 2.10. The van der Waals surface area contributed by atoms with Gasteiger partial charge in [-0.25, -0.2) is 4.39 Å². The van der Waals surface area contributed by atoms with Gasteiger partial charge < -0.3 is 5.32 Å². The van der Waals surface area contributed by atoms with Crippen molar-refractivity contribution in [3.05, 3.63) is 39.9 Å². The number of nitrogens with one attached hydrogen (secondary N) is 1. The zero-order chi connectivity index (χ0) is 13.3. The van der Waals surface area contributed by atoms with Crippen molar-refractivity contribution in [3.8, 4) is 0 Å². The highest BCUT2D eigenvalue weighted by atomic mass is 19.1. The summed E-state index contributed by atoms with van der Waals surface area (Å²) in [6, 6.07) is 3.82. The van der Waals surface area contributed by atoms with Crippen molar-refractivity contribution in [3.63, 3.8) is 0 Å². The summed E-state index contributed by atoms with van der Waals surface area (Å²) in [5, 5.41) is 6.57. The normalized spacial score (nSPS) is 10.6. The van der Waals surface area contributed by atoms with Crippen LogP contribution in [0.25, 0.3) is 10.9 Å². The van der Waals surface area contributed by atoms with Gasteiger partial charge in [0.1, 0.15) is 5.82 Å². The molecule has 0 fully saturated rings. The average Bonchev–Trinajstić information content (AvgIpc) is 2.33. The number of rotatable bonds is 2. The molecule has 0 aliphatic carbocycles. The molecule has 94 valence electrons. The molecule has 1 aromatic heterocycles. The maximum Gasteiger partial charge on any atom is 0.275 e. The van der Waals surface area contributed by atoms with Gasteiger partial charge in [-0.05, 0) is 25.1 Å². The third-order valence-electron chi connectivity index (χ3n) is 2.57. The first-order valence-electron chi connectivity index (χ1n) is 5.49. The first-order chi connectivity index (χ1) is 8.54. The molecule has 1 amide bonds. The topological polar surface area (TPSA) is 64.0 Å². The lowest BCUT2D eigenvalue weighted by molar-refractivity contribution is 0.0948. The number of fused-ring (bicyclic) bond motifs is 1. The molecule has 2 rings (SSSR count). The third kappa shape index (κ3) is 1.97. The minimum Gasteiger partial charge on any atom is -0.351 e. The van der Waals surface area contributed by atoms with Crippen molar-refractivity contribution in [1.29, 1.82) is 0 Å². The summed E-state index contributed by atoms with van der Waals surface area (Å²) >= 11 is 0. The summed E-state index contributed by atoms with van der Waals surface area (Å²) in [4.78, 5) is 23.7. The van der Waals surface area contributed by atoms with Gasteiger partial charge in [-0.3, -0.25) is 14.3 Å². The molecule has 0 bridgehead atoms. The maximum atomic E-state index is 13.2. The number of amides is 1. The molecule has 18 heavy (non-hydrogen) atoms. The van der Waals surface area contributed by atoms with E-state index in [4.69, 9.17) is 0 Å². The molecule has 1 N–H and O–H groups in total. The minimum absolute atomic E-state index is 0.147. The van der Waals surface area contributed by atoms with Crippen LogP contribution in [0.2, 0.25) is 0 Å². The monoisotopic (exact) mass is 249 g/mol. The van der Waals surface area contributed by atoms with Crippen LogP contribution < -0.4 is 10.7 Å². The molecular weight excluding hydrogens is 237 g/mol. The van der Waals surface area contributed by atoms with Gasteiger partial charge in [0.05, 0.1) is 10.9 Å². The predicted octanol–water partition coefficient (Wildman–Crippen LogP) is 0.822. The number of hydrogen-bond donors (Lipinski definition) is 1. The Labute approximate surface area is 102 Å². The zero-order valence-corrected chi connectivity index (χ0v) is 10.0. The number of hydrogen-bond acceptors (Lipinski definition) is 3. The fraction of sp³-hybridized carbons (Fsp3) is 0.250. The van der Waals surface area contributed by atoms with Gasteiger partial charge in [0.25, 0.3) is 5.91 Å². The van der Waals surface area contributed by atoms with Crippen molar-refractivity contribution in [1.82, 2.24) is 15.1 Å². The van der Waals surface area contributed by atoms with Gasteiger partial charge in [-0.1, -0.05) is 0 Å². The summed E-state index contributed by atoms with van der Waals surface area (Å²) < 4.78 is 14.5. The first kappa shape index (κ1) is 12.2. The Morgan fingerprint density at radius 2 is 2.22 bits per heavy atom. The van der Waals surface area contributed by atoms with E-state index in [1.807, 2.05) is 0 Å². The Balaban J connectivity index is 2.75. The largest absolute Gasteiger partial charge is 0.351 e. The summed E-state index contributed by atoms with van der Waals surface area (Å²) in [7, 11) is 1.60. The van der Waals surface area contributed by atoms with Crippen molar-refractivity contribution >= 4 is 16.8 Å². The predicted molar refractivity (Wildman–Crippen MR) is 64.9 cm³/mol. The Hall–Kier alpha value is -2.24. The Morgan fingerprint density at radius 3 is 2.89 bits per heavy atom. The molecule has 0 saturated heterocycles. The quantitative estimate of drug-likeness (QED) is 0.857. The molecule has 5 nitrogen and oxygen atoms in total. The minimum atomic E-state index is -0.562. The molecule has 0 aliphatic heterocycles. The molecule has 2 aromatic rings. The smallest absolute Gasteiger partial charge is 0.275 e. The molecule has 0 spiro atoms. The van der Waals surface area contributed by atoms with Crippen molar-refractivity contribution in [2.45, 2.75) is 6.92 Å². The lowest BCUT2D eigenvalue weighted by atomic mass is 10.2. The number of halogens is 1. The summed E-state index contributed by atoms with van der Waals surface area (Å²) in [5.74, 6) is -1.07. The molecule has 0 aliphatic rings. The zero-order valence-electron chi connectivity index (χ0n) is 10.0.